The van der Waals surface area contributed by atoms with Gasteiger partial charge in [-0.15, -0.1) is 0 Å². The lowest BCUT2D eigenvalue weighted by Crippen LogP contribution is -2.44. The number of ether oxygens (including phenoxy) is 1. The SMILES string of the molecule is CN(Cc1ccccc1F)C(=O)CN1CCOC(c2ccc(Cl)cc2)C1. The molecule has 6 heteroatoms. The van der Waals surface area contributed by atoms with E-state index in [4.69, 9.17) is 16.3 Å². The predicted molar refractivity (Wildman–Crippen MR) is 99.5 cm³/mol. The number of hydrogen-bond acceptors (Lipinski definition) is 3. The lowest BCUT2D eigenvalue weighted by Gasteiger charge is -2.33. The number of amides is 1. The molecular weight excluding hydrogens is 355 g/mol. The highest BCUT2D eigenvalue weighted by Gasteiger charge is 2.24. The Bertz CT molecular complexity index is 754. The minimum Gasteiger partial charge on any atom is -0.371 e. The average molecular weight is 377 g/mol. The monoisotopic (exact) mass is 376 g/mol. The van der Waals surface area contributed by atoms with Gasteiger partial charge in [-0.25, -0.2) is 4.39 Å². The molecule has 1 aliphatic heterocycles. The van der Waals surface area contributed by atoms with Crippen LogP contribution in [0.5, 0.6) is 0 Å². The number of nitrogens with zero attached hydrogens (tertiary/aromatic N) is 2. The Morgan fingerprint density at radius 3 is 2.73 bits per heavy atom. The standard InChI is InChI=1S/C20H22ClFN2O2/c1-23(12-16-4-2-3-5-18(16)22)20(25)14-24-10-11-26-19(13-24)15-6-8-17(21)9-7-15/h2-9,19H,10-14H2,1H3. The van der Waals surface area contributed by atoms with Crippen LogP contribution in [0.25, 0.3) is 0 Å². The summed E-state index contributed by atoms with van der Waals surface area (Å²) in [7, 11) is 1.70. The summed E-state index contributed by atoms with van der Waals surface area (Å²) in [4.78, 5) is 16.2. The molecule has 2 aromatic rings. The van der Waals surface area contributed by atoms with E-state index in [1.165, 1.54) is 6.07 Å². The first-order valence-corrected chi connectivity index (χ1v) is 8.97. The molecule has 1 saturated heterocycles. The number of hydrogen-bond donors (Lipinski definition) is 0. The third-order valence-electron chi connectivity index (χ3n) is 4.54. The summed E-state index contributed by atoms with van der Waals surface area (Å²) in [5.74, 6) is -0.327. The second-order valence-electron chi connectivity index (χ2n) is 6.49. The van der Waals surface area contributed by atoms with E-state index in [-0.39, 0.29) is 24.4 Å². The zero-order valence-corrected chi connectivity index (χ0v) is 15.5. The third-order valence-corrected chi connectivity index (χ3v) is 4.79. The third kappa shape index (κ3) is 4.81. The maximum Gasteiger partial charge on any atom is 0.236 e. The maximum absolute atomic E-state index is 13.8. The summed E-state index contributed by atoms with van der Waals surface area (Å²) in [5, 5.41) is 0.686. The first-order chi connectivity index (χ1) is 12.5. The number of morpholine rings is 1. The van der Waals surface area contributed by atoms with E-state index in [2.05, 4.69) is 4.90 Å². The van der Waals surface area contributed by atoms with E-state index < -0.39 is 0 Å². The molecule has 1 amide bonds. The zero-order chi connectivity index (χ0) is 18.5. The number of carbonyl (C=O) groups is 1. The maximum atomic E-state index is 13.8. The first kappa shape index (κ1) is 18.8. The number of benzene rings is 2. The van der Waals surface area contributed by atoms with Gasteiger partial charge in [0, 0.05) is 37.3 Å². The second kappa shape index (κ2) is 8.62. The van der Waals surface area contributed by atoms with Crippen LogP contribution in [-0.2, 0) is 16.1 Å². The molecule has 1 fully saturated rings. The Morgan fingerprint density at radius 1 is 1.27 bits per heavy atom. The van der Waals surface area contributed by atoms with Crippen molar-refractivity contribution in [3.63, 3.8) is 0 Å². The molecular formula is C20H22ClFN2O2. The van der Waals surface area contributed by atoms with Crippen molar-refractivity contribution in [2.75, 3.05) is 33.3 Å². The molecule has 4 nitrogen and oxygen atoms in total. The van der Waals surface area contributed by atoms with Gasteiger partial charge in [0.1, 0.15) is 5.82 Å². The highest BCUT2D eigenvalue weighted by Crippen LogP contribution is 2.23. The molecule has 138 valence electrons. The van der Waals surface area contributed by atoms with Crippen molar-refractivity contribution >= 4 is 17.5 Å². The Balaban J connectivity index is 1.56. The average Bonchev–Trinajstić information content (AvgIpc) is 2.64. The highest BCUT2D eigenvalue weighted by atomic mass is 35.5. The molecule has 0 saturated carbocycles. The molecule has 1 aliphatic rings. The smallest absolute Gasteiger partial charge is 0.236 e. The van der Waals surface area contributed by atoms with Gasteiger partial charge in [0.15, 0.2) is 0 Å². The van der Waals surface area contributed by atoms with Gasteiger partial charge in [0.25, 0.3) is 0 Å². The van der Waals surface area contributed by atoms with Gasteiger partial charge in [0.2, 0.25) is 5.91 Å². The highest BCUT2D eigenvalue weighted by molar-refractivity contribution is 6.30. The predicted octanol–water partition coefficient (Wildman–Crippen LogP) is 3.51. The summed E-state index contributed by atoms with van der Waals surface area (Å²) in [5.41, 5.74) is 1.57. The minimum absolute atomic E-state index is 0.0370. The van der Waals surface area contributed by atoms with Crippen molar-refractivity contribution in [1.29, 1.82) is 0 Å². The molecule has 26 heavy (non-hydrogen) atoms. The van der Waals surface area contributed by atoms with Crippen molar-refractivity contribution in [3.8, 4) is 0 Å². The molecule has 3 rings (SSSR count). The van der Waals surface area contributed by atoms with Gasteiger partial charge in [-0.3, -0.25) is 9.69 Å². The molecule has 0 aliphatic carbocycles. The normalized spacial score (nSPS) is 17.9. The fraction of sp³-hybridized carbons (Fsp3) is 0.350. The van der Waals surface area contributed by atoms with E-state index in [0.29, 0.717) is 36.8 Å². The second-order valence-corrected chi connectivity index (χ2v) is 6.92. The lowest BCUT2D eigenvalue weighted by molar-refractivity contribution is -0.133. The number of carbonyl (C=O) groups excluding carboxylic acids is 1. The molecule has 0 N–H and O–H groups in total. The van der Waals surface area contributed by atoms with Crippen molar-refractivity contribution < 1.29 is 13.9 Å². The Morgan fingerprint density at radius 2 is 2.00 bits per heavy atom. The molecule has 0 radical (unpaired) electrons. The van der Waals surface area contributed by atoms with Gasteiger partial charge in [0.05, 0.1) is 19.3 Å². The number of likely N-dealkylation sites (N-methyl/N-ethyl adjacent to an activating group) is 1. The Kier molecular flexibility index (Phi) is 6.25. The van der Waals surface area contributed by atoms with Crippen LogP contribution >= 0.6 is 11.6 Å². The van der Waals surface area contributed by atoms with E-state index in [1.807, 2.05) is 24.3 Å². The molecule has 1 atom stereocenters. The van der Waals surface area contributed by atoms with Crippen LogP contribution in [-0.4, -0.2) is 49.0 Å². The van der Waals surface area contributed by atoms with Crippen LogP contribution in [0.3, 0.4) is 0 Å². The van der Waals surface area contributed by atoms with Gasteiger partial charge in [-0.05, 0) is 23.8 Å². The van der Waals surface area contributed by atoms with Crippen LogP contribution < -0.4 is 0 Å². The van der Waals surface area contributed by atoms with Crippen molar-refractivity contribution in [1.82, 2.24) is 9.80 Å². The van der Waals surface area contributed by atoms with E-state index in [1.54, 1.807) is 30.1 Å². The van der Waals surface area contributed by atoms with E-state index in [0.717, 1.165) is 5.56 Å². The zero-order valence-electron chi connectivity index (χ0n) is 14.7. The van der Waals surface area contributed by atoms with Crippen molar-refractivity contribution in [2.24, 2.45) is 0 Å². The molecule has 2 aromatic carbocycles. The summed E-state index contributed by atoms with van der Waals surface area (Å²) in [6, 6.07) is 14.1. The van der Waals surface area contributed by atoms with Gasteiger partial charge in [-0.2, -0.15) is 0 Å². The van der Waals surface area contributed by atoms with Crippen LogP contribution in [0, 0.1) is 5.82 Å². The lowest BCUT2D eigenvalue weighted by atomic mass is 10.1. The number of rotatable bonds is 5. The summed E-state index contributed by atoms with van der Waals surface area (Å²) in [6.45, 7) is 2.46. The van der Waals surface area contributed by atoms with Crippen LogP contribution in [0.4, 0.5) is 4.39 Å². The molecule has 1 unspecified atom stereocenters. The Hall–Kier alpha value is -1.95. The van der Waals surface area contributed by atoms with Crippen molar-refractivity contribution in [3.05, 3.63) is 70.5 Å². The number of halogens is 2. The molecule has 0 bridgehead atoms. The Labute approximate surface area is 158 Å². The summed E-state index contributed by atoms with van der Waals surface area (Å²) in [6.07, 6.45) is -0.0781. The van der Waals surface area contributed by atoms with Crippen molar-refractivity contribution in [2.45, 2.75) is 12.6 Å². The van der Waals surface area contributed by atoms with Gasteiger partial charge in [-0.1, -0.05) is 41.9 Å². The summed E-state index contributed by atoms with van der Waals surface area (Å²) >= 11 is 5.93. The quantitative estimate of drug-likeness (QED) is 0.800. The molecule has 0 aromatic heterocycles. The summed E-state index contributed by atoms with van der Waals surface area (Å²) < 4.78 is 19.6. The van der Waals surface area contributed by atoms with E-state index in [9.17, 15) is 9.18 Å². The fourth-order valence-corrected chi connectivity index (χ4v) is 3.13. The van der Waals surface area contributed by atoms with Crippen LogP contribution in [0.2, 0.25) is 5.02 Å². The fourth-order valence-electron chi connectivity index (χ4n) is 3.01. The minimum atomic E-state index is -0.290. The first-order valence-electron chi connectivity index (χ1n) is 8.59. The van der Waals surface area contributed by atoms with Gasteiger partial charge < -0.3 is 9.64 Å². The van der Waals surface area contributed by atoms with Crippen LogP contribution in [0.15, 0.2) is 48.5 Å². The molecule has 0 spiro atoms. The largest absolute Gasteiger partial charge is 0.371 e. The van der Waals surface area contributed by atoms with Crippen LogP contribution in [0.1, 0.15) is 17.2 Å². The molecule has 1 heterocycles. The van der Waals surface area contributed by atoms with E-state index >= 15 is 0 Å². The van der Waals surface area contributed by atoms with Gasteiger partial charge >= 0.3 is 0 Å². The topological polar surface area (TPSA) is 32.8 Å².